The number of carbonyl (C=O) groups is 1. The van der Waals surface area contributed by atoms with Gasteiger partial charge in [0, 0.05) is 31.2 Å². The molecule has 8 heteroatoms. The van der Waals surface area contributed by atoms with E-state index in [9.17, 15) is 13.2 Å². The molecule has 2 fully saturated rings. The fourth-order valence-corrected chi connectivity index (χ4v) is 5.04. The van der Waals surface area contributed by atoms with Crippen molar-refractivity contribution >= 4 is 15.9 Å². The number of ether oxygens (including phenoxy) is 1. The summed E-state index contributed by atoms with van der Waals surface area (Å²) in [6, 6.07) is 4.96. The Bertz CT molecular complexity index is 785. The Labute approximate surface area is 174 Å². The van der Waals surface area contributed by atoms with Gasteiger partial charge in [-0.3, -0.25) is 9.69 Å². The second-order valence-corrected chi connectivity index (χ2v) is 9.76. The highest BCUT2D eigenvalue weighted by molar-refractivity contribution is 7.89. The molecular formula is C21H33N3O4S. The molecule has 3 rings (SSSR count). The summed E-state index contributed by atoms with van der Waals surface area (Å²) in [4.78, 5) is 15.1. The average molecular weight is 424 g/mol. The first-order valence-corrected chi connectivity index (χ1v) is 12.2. The van der Waals surface area contributed by atoms with Crippen molar-refractivity contribution < 1.29 is 17.9 Å². The smallest absolute Gasteiger partial charge is 0.251 e. The van der Waals surface area contributed by atoms with E-state index in [0.29, 0.717) is 12.1 Å². The summed E-state index contributed by atoms with van der Waals surface area (Å²) in [5.74, 6) is -0.182. The maximum Gasteiger partial charge on any atom is 0.251 e. The predicted octanol–water partition coefficient (Wildman–Crippen LogP) is 2.06. The van der Waals surface area contributed by atoms with Crippen LogP contribution in [-0.2, 0) is 14.8 Å². The van der Waals surface area contributed by atoms with Gasteiger partial charge < -0.3 is 10.1 Å². The van der Waals surface area contributed by atoms with Gasteiger partial charge in [0.05, 0.1) is 18.1 Å². The van der Waals surface area contributed by atoms with Gasteiger partial charge in [-0.15, -0.1) is 0 Å². The Morgan fingerprint density at radius 3 is 2.62 bits per heavy atom. The Morgan fingerprint density at radius 1 is 1.17 bits per heavy atom. The van der Waals surface area contributed by atoms with Crippen LogP contribution >= 0.6 is 0 Å². The molecule has 29 heavy (non-hydrogen) atoms. The largest absolute Gasteiger partial charge is 0.379 e. The number of nitrogens with zero attached hydrogens (tertiary/aromatic N) is 1. The van der Waals surface area contributed by atoms with Gasteiger partial charge in [-0.1, -0.05) is 25.3 Å². The fourth-order valence-electron chi connectivity index (χ4n) is 3.94. The van der Waals surface area contributed by atoms with E-state index in [4.69, 9.17) is 4.74 Å². The van der Waals surface area contributed by atoms with Crippen LogP contribution in [0.2, 0.25) is 0 Å². The minimum absolute atomic E-state index is 0.142. The van der Waals surface area contributed by atoms with Crippen LogP contribution in [0.3, 0.4) is 0 Å². The van der Waals surface area contributed by atoms with Crippen LogP contribution in [0.4, 0.5) is 0 Å². The third-order valence-electron chi connectivity index (χ3n) is 5.75. The number of hydrogen-bond acceptors (Lipinski definition) is 5. The van der Waals surface area contributed by atoms with Crippen molar-refractivity contribution in [2.75, 3.05) is 39.4 Å². The van der Waals surface area contributed by atoms with E-state index >= 15 is 0 Å². The lowest BCUT2D eigenvalue weighted by atomic mass is 9.95. The molecular weight excluding hydrogens is 390 g/mol. The highest BCUT2D eigenvalue weighted by Gasteiger charge is 2.21. The van der Waals surface area contributed by atoms with Crippen LogP contribution in [-0.4, -0.2) is 64.7 Å². The van der Waals surface area contributed by atoms with Gasteiger partial charge in [-0.25, -0.2) is 13.1 Å². The first-order valence-electron chi connectivity index (χ1n) is 10.7. The Kier molecular flexibility index (Phi) is 8.06. The number of morpholine rings is 1. The molecule has 0 atom stereocenters. The van der Waals surface area contributed by atoms with Crippen molar-refractivity contribution in [1.29, 1.82) is 0 Å². The Morgan fingerprint density at radius 2 is 1.90 bits per heavy atom. The fraction of sp³-hybridized carbons (Fsp3) is 0.667. The summed E-state index contributed by atoms with van der Waals surface area (Å²) < 4.78 is 33.4. The molecule has 1 amide bonds. The topological polar surface area (TPSA) is 87.7 Å². The lowest BCUT2D eigenvalue weighted by molar-refractivity contribution is 0.0376. The summed E-state index contributed by atoms with van der Waals surface area (Å²) in [5, 5.41) is 3.07. The van der Waals surface area contributed by atoms with Gasteiger partial charge in [0.25, 0.3) is 5.91 Å². The highest BCUT2D eigenvalue weighted by atomic mass is 32.2. The van der Waals surface area contributed by atoms with Gasteiger partial charge >= 0.3 is 0 Å². The number of amides is 1. The third kappa shape index (κ3) is 6.50. The lowest BCUT2D eigenvalue weighted by Crippen LogP contribution is -2.38. The normalized spacial score (nSPS) is 19.2. The molecule has 0 spiro atoms. The van der Waals surface area contributed by atoms with Gasteiger partial charge in [-0.05, 0) is 50.4 Å². The van der Waals surface area contributed by atoms with Crippen molar-refractivity contribution in [3.8, 4) is 0 Å². The van der Waals surface area contributed by atoms with Crippen LogP contribution in [0, 0.1) is 6.92 Å². The summed E-state index contributed by atoms with van der Waals surface area (Å²) in [5.41, 5.74) is 1.22. The van der Waals surface area contributed by atoms with E-state index in [0.717, 1.165) is 70.5 Å². The average Bonchev–Trinajstić information content (AvgIpc) is 2.73. The van der Waals surface area contributed by atoms with Crippen LogP contribution in [0.5, 0.6) is 0 Å². The van der Waals surface area contributed by atoms with Gasteiger partial charge in [0.15, 0.2) is 0 Å². The van der Waals surface area contributed by atoms with Crippen LogP contribution < -0.4 is 10.0 Å². The van der Waals surface area contributed by atoms with Crippen molar-refractivity contribution in [3.63, 3.8) is 0 Å². The maximum absolute atomic E-state index is 12.7. The summed E-state index contributed by atoms with van der Waals surface area (Å²) >= 11 is 0. The zero-order valence-corrected chi connectivity index (χ0v) is 18.1. The summed E-state index contributed by atoms with van der Waals surface area (Å²) in [6.45, 7) is 6.31. The number of hydrogen-bond donors (Lipinski definition) is 2. The molecule has 1 saturated carbocycles. The first-order chi connectivity index (χ1) is 14.0. The molecule has 2 N–H and O–H groups in total. The quantitative estimate of drug-likeness (QED) is 0.625. The molecule has 0 bridgehead atoms. The van der Waals surface area contributed by atoms with Crippen molar-refractivity contribution in [2.45, 2.75) is 56.4 Å². The molecule has 1 aromatic rings. The van der Waals surface area contributed by atoms with Gasteiger partial charge in [0.2, 0.25) is 10.0 Å². The number of nitrogens with one attached hydrogen (secondary N) is 2. The van der Waals surface area contributed by atoms with Crippen LogP contribution in [0.25, 0.3) is 0 Å². The molecule has 1 aromatic carbocycles. The van der Waals surface area contributed by atoms with Crippen molar-refractivity contribution in [3.05, 3.63) is 29.3 Å². The van der Waals surface area contributed by atoms with Crippen LogP contribution in [0.15, 0.2) is 23.1 Å². The monoisotopic (exact) mass is 423 g/mol. The van der Waals surface area contributed by atoms with Gasteiger partial charge in [-0.2, -0.15) is 0 Å². The predicted molar refractivity (Wildman–Crippen MR) is 113 cm³/mol. The van der Waals surface area contributed by atoms with E-state index in [1.54, 1.807) is 12.1 Å². The summed E-state index contributed by atoms with van der Waals surface area (Å²) in [7, 11) is -3.64. The minimum Gasteiger partial charge on any atom is -0.379 e. The molecule has 0 unspecified atom stereocenters. The minimum atomic E-state index is -3.64. The molecule has 162 valence electrons. The van der Waals surface area contributed by atoms with Gasteiger partial charge in [0.1, 0.15) is 0 Å². The lowest BCUT2D eigenvalue weighted by Gasteiger charge is -2.26. The molecule has 7 nitrogen and oxygen atoms in total. The molecule has 0 aromatic heterocycles. The second kappa shape index (κ2) is 10.5. The molecule has 0 radical (unpaired) electrons. The molecule has 1 saturated heterocycles. The number of rotatable bonds is 8. The Balaban J connectivity index is 1.56. The maximum atomic E-state index is 12.7. The second-order valence-electron chi connectivity index (χ2n) is 7.99. The highest BCUT2D eigenvalue weighted by Crippen LogP contribution is 2.20. The van der Waals surface area contributed by atoms with E-state index < -0.39 is 10.0 Å². The molecule has 1 aliphatic heterocycles. The third-order valence-corrected chi connectivity index (χ3v) is 7.21. The van der Waals surface area contributed by atoms with Crippen molar-refractivity contribution in [2.24, 2.45) is 0 Å². The first kappa shape index (κ1) is 22.2. The van der Waals surface area contributed by atoms with E-state index in [1.807, 2.05) is 6.92 Å². The summed E-state index contributed by atoms with van der Waals surface area (Å²) in [6.07, 6.45) is 6.21. The molecule has 2 aliphatic rings. The number of carbonyl (C=O) groups excluding carboxylic acids is 1. The zero-order chi connectivity index (χ0) is 20.7. The van der Waals surface area contributed by atoms with E-state index in [2.05, 4.69) is 14.9 Å². The number of aryl methyl sites for hydroxylation is 1. The molecule has 1 aliphatic carbocycles. The number of benzene rings is 1. The van der Waals surface area contributed by atoms with Crippen molar-refractivity contribution in [1.82, 2.24) is 14.9 Å². The zero-order valence-electron chi connectivity index (χ0n) is 17.3. The standard InChI is InChI=1S/C21H33N3O4S/c1-17-8-9-19(16-20(17)21(25)23-18-6-3-2-4-7-18)29(26,27)22-10-5-11-24-12-14-28-15-13-24/h8-9,16,18,22H,2-7,10-15H2,1H3,(H,23,25). The SMILES string of the molecule is Cc1ccc(S(=O)(=O)NCCCN2CCOCC2)cc1C(=O)NC1CCCCC1. The van der Waals surface area contributed by atoms with Crippen LogP contribution in [0.1, 0.15) is 54.4 Å². The Hall–Kier alpha value is -1.48. The van der Waals surface area contributed by atoms with E-state index in [-0.39, 0.29) is 16.8 Å². The van der Waals surface area contributed by atoms with E-state index in [1.165, 1.54) is 12.5 Å². The molecule has 1 heterocycles. The number of sulfonamides is 1.